The van der Waals surface area contributed by atoms with Crippen LogP contribution in [-0.2, 0) is 0 Å². The molecule has 0 unspecified atom stereocenters. The lowest BCUT2D eigenvalue weighted by Crippen LogP contribution is -2.48. The molecular weight excluding hydrogens is 296 g/mol. The summed E-state index contributed by atoms with van der Waals surface area (Å²) >= 11 is 0. The largest absolute Gasteiger partial charge is 0.394 e. The van der Waals surface area contributed by atoms with Crippen LogP contribution in [0.25, 0.3) is 0 Å². The minimum Gasteiger partial charge on any atom is -0.394 e. The number of carbonyl (C=O) groups is 2. The number of nitrogens with one attached hydrogen (secondary N) is 1. The van der Waals surface area contributed by atoms with Gasteiger partial charge in [-0.15, -0.1) is 0 Å². The minimum atomic E-state index is -0.743. The quantitative estimate of drug-likeness (QED) is 0.730. The molecule has 0 aliphatic heterocycles. The van der Waals surface area contributed by atoms with Crippen LogP contribution in [0.4, 0.5) is 0 Å². The van der Waals surface area contributed by atoms with Crippen molar-refractivity contribution in [2.75, 3.05) is 20.3 Å². The van der Waals surface area contributed by atoms with Gasteiger partial charge in [-0.1, -0.05) is 6.07 Å². The van der Waals surface area contributed by atoms with Gasteiger partial charge in [0.2, 0.25) is 0 Å². The van der Waals surface area contributed by atoms with E-state index < -0.39 is 11.1 Å². The lowest BCUT2D eigenvalue weighted by molar-refractivity contribution is 0.0473. The Bertz CT molecular complexity index is 582. The summed E-state index contributed by atoms with van der Waals surface area (Å²) in [6, 6.07) is 6.37. The molecule has 0 bridgehead atoms. The van der Waals surface area contributed by atoms with Crippen molar-refractivity contribution in [3.8, 4) is 0 Å². The van der Waals surface area contributed by atoms with Gasteiger partial charge in [-0.2, -0.15) is 0 Å². The predicted octanol–water partition coefficient (Wildman–Crippen LogP) is 1.03. The second-order valence-electron chi connectivity index (χ2n) is 6.91. The zero-order valence-electron chi connectivity index (χ0n) is 14.4. The van der Waals surface area contributed by atoms with Crippen LogP contribution in [-0.4, -0.2) is 58.3 Å². The van der Waals surface area contributed by atoms with Crippen LogP contribution in [0, 0.1) is 0 Å². The van der Waals surface area contributed by atoms with Gasteiger partial charge < -0.3 is 20.4 Å². The summed E-state index contributed by atoms with van der Waals surface area (Å²) < 4.78 is 0. The normalized spacial score (nSPS) is 12.0. The summed E-state index contributed by atoms with van der Waals surface area (Å²) in [6.45, 7) is 6.57. The zero-order chi connectivity index (χ0) is 17.8. The second kappa shape index (κ2) is 7.10. The number of amides is 2. The lowest BCUT2D eigenvalue weighted by Gasteiger charge is -2.34. The molecule has 0 aliphatic carbocycles. The van der Waals surface area contributed by atoms with E-state index in [0.29, 0.717) is 11.1 Å². The van der Waals surface area contributed by atoms with E-state index in [1.807, 2.05) is 0 Å². The van der Waals surface area contributed by atoms with Crippen LogP contribution in [0.15, 0.2) is 24.3 Å². The first-order valence-electron chi connectivity index (χ1n) is 7.46. The maximum Gasteiger partial charge on any atom is 0.254 e. The SMILES string of the molecule is CN(C(=O)c1cccc(C(=O)NC(C)(C)CO)c1)C(C)(C)CO. The first kappa shape index (κ1) is 19.1. The Kier molecular flexibility index (Phi) is 5.91. The van der Waals surface area contributed by atoms with Crippen molar-refractivity contribution >= 4 is 11.8 Å². The topological polar surface area (TPSA) is 89.9 Å². The van der Waals surface area contributed by atoms with Crippen LogP contribution in [0.2, 0.25) is 0 Å². The summed E-state index contributed by atoms with van der Waals surface area (Å²) in [6.07, 6.45) is 0. The summed E-state index contributed by atoms with van der Waals surface area (Å²) in [7, 11) is 1.61. The van der Waals surface area contributed by atoms with Crippen molar-refractivity contribution in [1.29, 1.82) is 0 Å². The van der Waals surface area contributed by atoms with Gasteiger partial charge in [0.15, 0.2) is 0 Å². The average molecular weight is 322 g/mol. The maximum atomic E-state index is 12.5. The molecule has 0 aromatic heterocycles. The van der Waals surface area contributed by atoms with E-state index in [-0.39, 0.29) is 25.0 Å². The Morgan fingerprint density at radius 1 is 1.09 bits per heavy atom. The molecule has 0 radical (unpaired) electrons. The molecule has 2 amide bonds. The Morgan fingerprint density at radius 3 is 2.17 bits per heavy atom. The monoisotopic (exact) mass is 322 g/mol. The Labute approximate surface area is 137 Å². The molecule has 23 heavy (non-hydrogen) atoms. The Balaban J connectivity index is 3.01. The van der Waals surface area contributed by atoms with Gasteiger partial charge >= 0.3 is 0 Å². The highest BCUT2D eigenvalue weighted by atomic mass is 16.3. The van der Waals surface area contributed by atoms with E-state index in [1.165, 1.54) is 11.0 Å². The number of nitrogens with zero attached hydrogens (tertiary/aromatic N) is 1. The molecule has 0 saturated carbocycles. The van der Waals surface area contributed by atoms with E-state index in [4.69, 9.17) is 0 Å². The molecule has 3 N–H and O–H groups in total. The minimum absolute atomic E-state index is 0.167. The molecule has 0 atom stereocenters. The highest BCUT2D eigenvalue weighted by molar-refractivity contribution is 6.00. The molecule has 1 aromatic rings. The van der Waals surface area contributed by atoms with Crippen LogP contribution in [0.5, 0.6) is 0 Å². The van der Waals surface area contributed by atoms with Crippen LogP contribution in [0.1, 0.15) is 48.4 Å². The van der Waals surface area contributed by atoms with Crippen molar-refractivity contribution in [2.45, 2.75) is 38.8 Å². The number of hydrogen-bond donors (Lipinski definition) is 3. The van der Waals surface area contributed by atoms with Crippen molar-refractivity contribution < 1.29 is 19.8 Å². The standard InChI is InChI=1S/C17H26N2O4/c1-16(2,10-20)18-14(22)12-7-6-8-13(9-12)15(23)19(5)17(3,4)11-21/h6-9,20-21H,10-11H2,1-5H3,(H,18,22). The van der Waals surface area contributed by atoms with Gasteiger partial charge in [-0.3, -0.25) is 9.59 Å². The highest BCUT2D eigenvalue weighted by Gasteiger charge is 2.28. The van der Waals surface area contributed by atoms with Crippen molar-refractivity contribution in [3.63, 3.8) is 0 Å². The van der Waals surface area contributed by atoms with Gasteiger partial charge in [0, 0.05) is 18.2 Å². The summed E-state index contributed by atoms with van der Waals surface area (Å²) in [5, 5.41) is 21.3. The molecule has 0 saturated heterocycles. The smallest absolute Gasteiger partial charge is 0.254 e. The molecule has 1 rings (SSSR count). The fourth-order valence-electron chi connectivity index (χ4n) is 1.79. The fraction of sp³-hybridized carbons (Fsp3) is 0.529. The van der Waals surface area contributed by atoms with Crippen molar-refractivity contribution in [2.24, 2.45) is 0 Å². The summed E-state index contributed by atoms with van der Waals surface area (Å²) in [5.41, 5.74) is -0.739. The number of hydrogen-bond acceptors (Lipinski definition) is 4. The summed E-state index contributed by atoms with van der Waals surface area (Å²) in [4.78, 5) is 26.2. The predicted molar refractivity (Wildman–Crippen MR) is 88.3 cm³/mol. The van der Waals surface area contributed by atoms with Crippen LogP contribution in [0.3, 0.4) is 0 Å². The number of rotatable bonds is 6. The molecule has 0 spiro atoms. The molecule has 6 nitrogen and oxygen atoms in total. The maximum absolute atomic E-state index is 12.5. The molecule has 6 heteroatoms. The van der Waals surface area contributed by atoms with Gasteiger partial charge in [-0.05, 0) is 45.9 Å². The Hall–Kier alpha value is -1.92. The molecule has 128 valence electrons. The van der Waals surface area contributed by atoms with Gasteiger partial charge in [0.1, 0.15) is 0 Å². The molecule has 1 aromatic carbocycles. The third kappa shape index (κ3) is 4.77. The van der Waals surface area contributed by atoms with E-state index >= 15 is 0 Å². The molecule has 0 fully saturated rings. The van der Waals surface area contributed by atoms with Crippen LogP contribution < -0.4 is 5.32 Å². The average Bonchev–Trinajstić information content (AvgIpc) is 2.53. The van der Waals surface area contributed by atoms with Crippen molar-refractivity contribution in [3.05, 3.63) is 35.4 Å². The second-order valence-corrected chi connectivity index (χ2v) is 6.91. The molecular formula is C17H26N2O4. The number of likely N-dealkylation sites (N-methyl/N-ethyl adjacent to an activating group) is 1. The first-order chi connectivity index (χ1) is 10.5. The van der Waals surface area contributed by atoms with Crippen molar-refractivity contribution in [1.82, 2.24) is 10.2 Å². The number of aliphatic hydroxyl groups excluding tert-OH is 2. The van der Waals surface area contributed by atoms with E-state index in [2.05, 4.69) is 5.32 Å². The molecule has 0 aliphatic rings. The van der Waals surface area contributed by atoms with E-state index in [0.717, 1.165) is 0 Å². The summed E-state index contributed by atoms with van der Waals surface area (Å²) in [5.74, 6) is -0.636. The third-order valence-electron chi connectivity index (χ3n) is 3.82. The highest BCUT2D eigenvalue weighted by Crippen LogP contribution is 2.16. The Morgan fingerprint density at radius 2 is 1.65 bits per heavy atom. The number of aliphatic hydroxyl groups is 2. The third-order valence-corrected chi connectivity index (χ3v) is 3.82. The van der Waals surface area contributed by atoms with Gasteiger partial charge in [0.05, 0.1) is 24.3 Å². The number of benzene rings is 1. The van der Waals surface area contributed by atoms with E-state index in [1.54, 1.807) is 52.9 Å². The number of carbonyl (C=O) groups excluding carboxylic acids is 2. The van der Waals surface area contributed by atoms with Crippen LogP contribution >= 0.6 is 0 Å². The zero-order valence-corrected chi connectivity index (χ0v) is 14.4. The van der Waals surface area contributed by atoms with Gasteiger partial charge in [-0.25, -0.2) is 0 Å². The fourth-order valence-corrected chi connectivity index (χ4v) is 1.79. The van der Waals surface area contributed by atoms with E-state index in [9.17, 15) is 19.8 Å². The van der Waals surface area contributed by atoms with Gasteiger partial charge in [0.25, 0.3) is 11.8 Å². The first-order valence-corrected chi connectivity index (χ1v) is 7.46. The lowest BCUT2D eigenvalue weighted by atomic mass is 10.0. The molecule has 0 heterocycles.